The monoisotopic (exact) mass is 357 g/mol. The molecular formula is C20H27N3O3. The molecule has 1 N–H and O–H groups in total. The number of ether oxygens (including phenoxy) is 2. The van der Waals surface area contributed by atoms with E-state index in [2.05, 4.69) is 17.3 Å². The van der Waals surface area contributed by atoms with Gasteiger partial charge >= 0.3 is 0 Å². The van der Waals surface area contributed by atoms with Crippen molar-refractivity contribution in [1.29, 1.82) is 0 Å². The molecule has 1 aromatic carbocycles. The normalized spacial score (nSPS) is 14.7. The Kier molecular flexibility index (Phi) is 6.15. The van der Waals surface area contributed by atoms with Crippen molar-refractivity contribution < 1.29 is 14.3 Å². The van der Waals surface area contributed by atoms with E-state index in [1.54, 1.807) is 6.20 Å². The molecule has 1 unspecified atom stereocenters. The summed E-state index contributed by atoms with van der Waals surface area (Å²) in [6.07, 6.45) is 5.27. The van der Waals surface area contributed by atoms with Crippen molar-refractivity contribution in [3.05, 3.63) is 36.5 Å². The predicted molar refractivity (Wildman–Crippen MR) is 101 cm³/mol. The van der Waals surface area contributed by atoms with Crippen molar-refractivity contribution in [3.8, 4) is 11.5 Å². The smallest absolute Gasteiger partial charge is 0.225 e. The zero-order chi connectivity index (χ0) is 18.4. The van der Waals surface area contributed by atoms with E-state index in [0.29, 0.717) is 43.8 Å². The van der Waals surface area contributed by atoms with E-state index in [1.807, 2.05) is 41.9 Å². The van der Waals surface area contributed by atoms with Gasteiger partial charge in [0, 0.05) is 12.5 Å². The average molecular weight is 357 g/mol. The standard InChI is InChI=1S/C20H27N3O3/c1-3-25-17-7-4-5-8-18(17)26-14-6-9-20(24)22-19-12-13-21-23(19)15(2)16-10-11-16/h4-5,7-8,12-13,15-16H,3,6,9-11,14H2,1-2H3,(H,22,24). The van der Waals surface area contributed by atoms with Crippen LogP contribution in [-0.2, 0) is 4.79 Å². The van der Waals surface area contributed by atoms with Crippen LogP contribution in [0.15, 0.2) is 36.5 Å². The lowest BCUT2D eigenvalue weighted by atomic mass is 10.2. The molecule has 140 valence electrons. The first kappa shape index (κ1) is 18.3. The van der Waals surface area contributed by atoms with Gasteiger partial charge in [0.1, 0.15) is 5.82 Å². The second-order valence-corrected chi connectivity index (χ2v) is 6.62. The number of amides is 1. The summed E-state index contributed by atoms with van der Waals surface area (Å²) in [5.41, 5.74) is 0. The van der Waals surface area contributed by atoms with E-state index in [4.69, 9.17) is 9.47 Å². The fourth-order valence-electron chi connectivity index (χ4n) is 2.98. The molecule has 26 heavy (non-hydrogen) atoms. The van der Waals surface area contributed by atoms with Gasteiger partial charge in [0.15, 0.2) is 11.5 Å². The SMILES string of the molecule is CCOc1ccccc1OCCCC(=O)Nc1ccnn1C(C)C1CC1. The number of aromatic nitrogens is 2. The number of carbonyl (C=O) groups is 1. The molecule has 0 spiro atoms. The highest BCUT2D eigenvalue weighted by Gasteiger charge is 2.30. The van der Waals surface area contributed by atoms with Gasteiger partial charge in [-0.05, 0) is 51.2 Å². The van der Waals surface area contributed by atoms with Crippen molar-refractivity contribution in [3.63, 3.8) is 0 Å². The second kappa shape index (κ2) is 8.74. The van der Waals surface area contributed by atoms with Crippen LogP contribution in [0.5, 0.6) is 11.5 Å². The molecule has 0 saturated heterocycles. The molecular weight excluding hydrogens is 330 g/mol. The molecule has 0 aliphatic heterocycles. The number of hydrogen-bond acceptors (Lipinski definition) is 4. The van der Waals surface area contributed by atoms with Gasteiger partial charge in [0.25, 0.3) is 0 Å². The second-order valence-electron chi connectivity index (χ2n) is 6.62. The molecule has 1 fully saturated rings. The van der Waals surface area contributed by atoms with E-state index in [1.165, 1.54) is 12.8 Å². The number of rotatable bonds is 10. The van der Waals surface area contributed by atoms with Crippen LogP contribution < -0.4 is 14.8 Å². The van der Waals surface area contributed by atoms with Gasteiger partial charge in [-0.15, -0.1) is 0 Å². The number of para-hydroxylation sites is 2. The Morgan fingerprint density at radius 2 is 2.00 bits per heavy atom. The van der Waals surface area contributed by atoms with Crippen LogP contribution in [0, 0.1) is 5.92 Å². The zero-order valence-corrected chi connectivity index (χ0v) is 15.5. The average Bonchev–Trinajstić information content (AvgIpc) is 3.39. The highest BCUT2D eigenvalue weighted by Crippen LogP contribution is 2.40. The summed E-state index contributed by atoms with van der Waals surface area (Å²) in [6, 6.07) is 9.77. The highest BCUT2D eigenvalue weighted by atomic mass is 16.5. The molecule has 6 nitrogen and oxygen atoms in total. The first-order valence-electron chi connectivity index (χ1n) is 9.37. The first-order valence-corrected chi connectivity index (χ1v) is 9.37. The maximum Gasteiger partial charge on any atom is 0.225 e. The van der Waals surface area contributed by atoms with Crippen molar-refractivity contribution in [2.75, 3.05) is 18.5 Å². The fraction of sp³-hybridized carbons (Fsp3) is 0.500. The lowest BCUT2D eigenvalue weighted by Gasteiger charge is -2.15. The lowest BCUT2D eigenvalue weighted by Crippen LogP contribution is -2.18. The third kappa shape index (κ3) is 4.77. The van der Waals surface area contributed by atoms with Crippen molar-refractivity contribution in [2.45, 2.75) is 45.6 Å². The molecule has 1 aliphatic rings. The topological polar surface area (TPSA) is 65.4 Å². The van der Waals surface area contributed by atoms with Gasteiger partial charge in [-0.1, -0.05) is 12.1 Å². The number of nitrogens with zero attached hydrogens (tertiary/aromatic N) is 2. The van der Waals surface area contributed by atoms with Crippen LogP contribution >= 0.6 is 0 Å². The van der Waals surface area contributed by atoms with Gasteiger partial charge in [0.05, 0.1) is 25.5 Å². The molecule has 3 rings (SSSR count). The number of anilines is 1. The maximum absolute atomic E-state index is 12.2. The van der Waals surface area contributed by atoms with Gasteiger partial charge in [-0.3, -0.25) is 4.79 Å². The predicted octanol–water partition coefficient (Wildman–Crippen LogP) is 4.05. The number of carbonyl (C=O) groups excluding carboxylic acids is 1. The minimum atomic E-state index is -0.0172. The van der Waals surface area contributed by atoms with Crippen LogP contribution in [0.4, 0.5) is 5.82 Å². The Bertz CT molecular complexity index is 725. The van der Waals surface area contributed by atoms with Gasteiger partial charge < -0.3 is 14.8 Å². The summed E-state index contributed by atoms with van der Waals surface area (Å²) in [7, 11) is 0. The molecule has 1 saturated carbocycles. The van der Waals surface area contributed by atoms with Crippen LogP contribution in [0.25, 0.3) is 0 Å². The third-order valence-electron chi connectivity index (χ3n) is 4.58. The molecule has 2 aromatic rings. The Morgan fingerprint density at radius 3 is 2.69 bits per heavy atom. The Hall–Kier alpha value is -2.50. The largest absolute Gasteiger partial charge is 0.490 e. The van der Waals surface area contributed by atoms with Crippen molar-refractivity contribution >= 4 is 11.7 Å². The molecule has 1 aliphatic carbocycles. The van der Waals surface area contributed by atoms with E-state index in [0.717, 1.165) is 11.6 Å². The molecule has 1 amide bonds. The summed E-state index contributed by atoms with van der Waals surface area (Å²) < 4.78 is 13.2. The number of nitrogens with one attached hydrogen (secondary N) is 1. The molecule has 0 bridgehead atoms. The van der Waals surface area contributed by atoms with Gasteiger partial charge in [0.2, 0.25) is 5.91 Å². The highest BCUT2D eigenvalue weighted by molar-refractivity contribution is 5.89. The molecule has 1 atom stereocenters. The van der Waals surface area contributed by atoms with Crippen LogP contribution in [-0.4, -0.2) is 28.9 Å². The van der Waals surface area contributed by atoms with E-state index < -0.39 is 0 Å². The lowest BCUT2D eigenvalue weighted by molar-refractivity contribution is -0.116. The minimum Gasteiger partial charge on any atom is -0.490 e. The first-order chi connectivity index (χ1) is 12.7. The Balaban J connectivity index is 1.43. The van der Waals surface area contributed by atoms with Crippen LogP contribution in [0.3, 0.4) is 0 Å². The Labute approximate surface area is 154 Å². The molecule has 1 aromatic heterocycles. The van der Waals surface area contributed by atoms with E-state index >= 15 is 0 Å². The van der Waals surface area contributed by atoms with Crippen LogP contribution in [0.2, 0.25) is 0 Å². The molecule has 0 radical (unpaired) electrons. The van der Waals surface area contributed by atoms with E-state index in [9.17, 15) is 4.79 Å². The summed E-state index contributed by atoms with van der Waals surface area (Å²) in [4.78, 5) is 12.2. The summed E-state index contributed by atoms with van der Waals surface area (Å²) >= 11 is 0. The third-order valence-corrected chi connectivity index (χ3v) is 4.58. The fourth-order valence-corrected chi connectivity index (χ4v) is 2.98. The van der Waals surface area contributed by atoms with Crippen molar-refractivity contribution in [2.24, 2.45) is 5.92 Å². The molecule has 1 heterocycles. The molecule has 6 heteroatoms. The van der Waals surface area contributed by atoms with Gasteiger partial charge in [-0.2, -0.15) is 5.10 Å². The van der Waals surface area contributed by atoms with E-state index in [-0.39, 0.29) is 5.91 Å². The maximum atomic E-state index is 12.2. The van der Waals surface area contributed by atoms with Crippen LogP contribution in [0.1, 0.15) is 45.6 Å². The quantitative estimate of drug-likeness (QED) is 0.652. The minimum absolute atomic E-state index is 0.0172. The number of benzene rings is 1. The summed E-state index contributed by atoms with van der Waals surface area (Å²) in [6.45, 7) is 5.16. The van der Waals surface area contributed by atoms with Crippen molar-refractivity contribution in [1.82, 2.24) is 9.78 Å². The number of hydrogen-bond donors (Lipinski definition) is 1. The summed E-state index contributed by atoms with van der Waals surface area (Å²) in [5, 5.41) is 7.32. The summed E-state index contributed by atoms with van der Waals surface area (Å²) in [5.74, 6) is 2.89. The Morgan fingerprint density at radius 1 is 1.27 bits per heavy atom. The van der Waals surface area contributed by atoms with Gasteiger partial charge in [-0.25, -0.2) is 4.68 Å². The zero-order valence-electron chi connectivity index (χ0n) is 15.5.